The lowest BCUT2D eigenvalue weighted by Crippen LogP contribution is -2.26. The van der Waals surface area contributed by atoms with Crippen LogP contribution in [0.25, 0.3) is 10.9 Å². The maximum atomic E-state index is 3.61. The largest absolute Gasteiger partial charge is 0.358 e. The second-order valence-electron chi connectivity index (χ2n) is 5.62. The first-order valence-electron chi connectivity index (χ1n) is 6.97. The lowest BCUT2D eigenvalue weighted by Gasteiger charge is -2.23. The highest BCUT2D eigenvalue weighted by Crippen LogP contribution is 2.35. The van der Waals surface area contributed by atoms with Crippen molar-refractivity contribution in [2.24, 2.45) is 0 Å². The van der Waals surface area contributed by atoms with E-state index in [9.17, 15) is 0 Å². The maximum absolute atomic E-state index is 3.61. The van der Waals surface area contributed by atoms with Crippen molar-refractivity contribution in [3.8, 4) is 0 Å². The molecule has 0 bridgehead atoms. The molecule has 3 rings (SSSR count). The first kappa shape index (κ1) is 11.8. The van der Waals surface area contributed by atoms with Crippen molar-refractivity contribution in [3.05, 3.63) is 34.5 Å². The van der Waals surface area contributed by atoms with Crippen LogP contribution in [-0.4, -0.2) is 18.1 Å². The molecule has 2 heteroatoms. The molecule has 1 aromatic carbocycles. The quantitative estimate of drug-likeness (QED) is 0.786. The summed E-state index contributed by atoms with van der Waals surface area (Å²) in [6.07, 6.45) is 2.53. The molecule has 0 saturated carbocycles. The molecular formula is C16H22N2. The summed E-state index contributed by atoms with van der Waals surface area (Å²) in [6.45, 7) is 8.95. The van der Waals surface area contributed by atoms with Crippen LogP contribution in [0.4, 0.5) is 0 Å². The fourth-order valence-corrected chi connectivity index (χ4v) is 3.29. The van der Waals surface area contributed by atoms with Gasteiger partial charge in [-0.2, -0.15) is 0 Å². The molecular weight excluding hydrogens is 220 g/mol. The minimum absolute atomic E-state index is 0.724. The van der Waals surface area contributed by atoms with E-state index in [0.717, 1.165) is 19.0 Å². The Bertz CT molecular complexity index is 574. The third kappa shape index (κ3) is 1.76. The van der Waals surface area contributed by atoms with Gasteiger partial charge in [0.15, 0.2) is 0 Å². The maximum Gasteiger partial charge on any atom is 0.0491 e. The fraction of sp³-hybridized carbons (Fsp3) is 0.500. The fourth-order valence-electron chi connectivity index (χ4n) is 3.29. The van der Waals surface area contributed by atoms with E-state index in [2.05, 4.69) is 43.2 Å². The van der Waals surface area contributed by atoms with Crippen molar-refractivity contribution in [1.82, 2.24) is 10.3 Å². The summed E-state index contributed by atoms with van der Waals surface area (Å²) in [5.74, 6) is 0.724. The molecule has 0 radical (unpaired) electrons. The number of H-pyrrole nitrogens is 1. The van der Waals surface area contributed by atoms with Crippen LogP contribution in [0.15, 0.2) is 12.1 Å². The zero-order valence-corrected chi connectivity index (χ0v) is 11.6. The molecule has 2 aromatic rings. The Morgan fingerprint density at radius 2 is 1.78 bits per heavy atom. The number of hydrogen-bond donors (Lipinski definition) is 2. The zero-order chi connectivity index (χ0) is 12.7. The summed E-state index contributed by atoms with van der Waals surface area (Å²) in [4.78, 5) is 3.61. The van der Waals surface area contributed by atoms with Crippen LogP contribution >= 0.6 is 0 Å². The molecule has 2 N–H and O–H groups in total. The van der Waals surface area contributed by atoms with E-state index in [-0.39, 0.29) is 0 Å². The van der Waals surface area contributed by atoms with Gasteiger partial charge in [0.05, 0.1) is 0 Å². The Morgan fingerprint density at radius 1 is 1.06 bits per heavy atom. The average Bonchev–Trinajstić information content (AvgIpc) is 2.72. The van der Waals surface area contributed by atoms with Gasteiger partial charge in [-0.1, -0.05) is 12.1 Å². The molecule has 0 unspecified atom stereocenters. The summed E-state index contributed by atoms with van der Waals surface area (Å²) >= 11 is 0. The van der Waals surface area contributed by atoms with E-state index in [1.54, 1.807) is 5.56 Å². The van der Waals surface area contributed by atoms with Crippen LogP contribution < -0.4 is 5.32 Å². The second kappa shape index (κ2) is 4.43. The molecule has 0 atom stereocenters. The van der Waals surface area contributed by atoms with E-state index in [1.165, 1.54) is 40.6 Å². The van der Waals surface area contributed by atoms with E-state index in [4.69, 9.17) is 0 Å². The lowest BCUT2D eigenvalue weighted by molar-refractivity contribution is 0.461. The number of nitrogens with one attached hydrogen (secondary N) is 2. The molecule has 2 heterocycles. The van der Waals surface area contributed by atoms with Crippen LogP contribution in [-0.2, 0) is 0 Å². The summed E-state index contributed by atoms with van der Waals surface area (Å²) < 4.78 is 0. The molecule has 0 spiro atoms. The second-order valence-corrected chi connectivity index (χ2v) is 5.62. The third-order valence-electron chi connectivity index (χ3n) is 4.49. The average molecular weight is 242 g/mol. The number of aromatic nitrogens is 1. The van der Waals surface area contributed by atoms with Gasteiger partial charge in [-0.25, -0.2) is 0 Å². The normalized spacial score (nSPS) is 17.5. The summed E-state index contributed by atoms with van der Waals surface area (Å²) in [6, 6.07) is 4.56. The molecule has 1 aliphatic rings. The van der Waals surface area contributed by atoms with Gasteiger partial charge >= 0.3 is 0 Å². The number of fused-ring (bicyclic) bond motifs is 1. The molecule has 1 aromatic heterocycles. The Kier molecular flexibility index (Phi) is 2.90. The third-order valence-corrected chi connectivity index (χ3v) is 4.49. The smallest absolute Gasteiger partial charge is 0.0491 e. The molecule has 1 aliphatic heterocycles. The Morgan fingerprint density at radius 3 is 2.50 bits per heavy atom. The van der Waals surface area contributed by atoms with Crippen molar-refractivity contribution in [2.45, 2.75) is 39.5 Å². The van der Waals surface area contributed by atoms with Crippen molar-refractivity contribution >= 4 is 10.9 Å². The van der Waals surface area contributed by atoms with Gasteiger partial charge in [-0.05, 0) is 69.3 Å². The van der Waals surface area contributed by atoms with Crippen LogP contribution in [0, 0.1) is 20.8 Å². The van der Waals surface area contributed by atoms with Crippen molar-refractivity contribution in [3.63, 3.8) is 0 Å². The van der Waals surface area contributed by atoms with Crippen LogP contribution in [0.2, 0.25) is 0 Å². The molecule has 0 aliphatic carbocycles. The zero-order valence-electron chi connectivity index (χ0n) is 11.6. The van der Waals surface area contributed by atoms with Gasteiger partial charge in [0, 0.05) is 16.6 Å². The topological polar surface area (TPSA) is 27.8 Å². The molecule has 0 amide bonds. The van der Waals surface area contributed by atoms with E-state index in [1.807, 2.05) is 0 Å². The standard InChI is InChI=1S/C16H22N2/c1-10-4-5-14-15(13-6-8-17-9-7-13)12(3)18-16(14)11(10)2/h4-5,13,17-18H,6-9H2,1-3H3. The van der Waals surface area contributed by atoms with Crippen LogP contribution in [0.3, 0.4) is 0 Å². The van der Waals surface area contributed by atoms with Gasteiger partial charge in [0.1, 0.15) is 0 Å². The predicted octanol–water partition coefficient (Wildman–Crippen LogP) is 3.56. The van der Waals surface area contributed by atoms with E-state index < -0.39 is 0 Å². The first-order chi connectivity index (χ1) is 8.68. The monoisotopic (exact) mass is 242 g/mol. The van der Waals surface area contributed by atoms with Gasteiger partial charge < -0.3 is 10.3 Å². The van der Waals surface area contributed by atoms with Crippen molar-refractivity contribution in [1.29, 1.82) is 0 Å². The van der Waals surface area contributed by atoms with Gasteiger partial charge in [0.2, 0.25) is 0 Å². The summed E-state index contributed by atoms with van der Waals surface area (Å²) in [5, 5.41) is 4.90. The van der Waals surface area contributed by atoms with Gasteiger partial charge in [-0.15, -0.1) is 0 Å². The first-order valence-corrected chi connectivity index (χ1v) is 6.97. The molecule has 1 saturated heterocycles. The van der Waals surface area contributed by atoms with Crippen molar-refractivity contribution < 1.29 is 0 Å². The SMILES string of the molecule is Cc1ccc2c(C3CCNCC3)c(C)[nH]c2c1C. The van der Waals surface area contributed by atoms with Crippen LogP contribution in [0.1, 0.15) is 41.1 Å². The highest BCUT2D eigenvalue weighted by molar-refractivity contribution is 5.88. The Balaban J connectivity index is 2.16. The number of hydrogen-bond acceptors (Lipinski definition) is 1. The Labute approximate surface area is 109 Å². The number of benzene rings is 1. The molecule has 96 valence electrons. The summed E-state index contributed by atoms with van der Waals surface area (Å²) in [5.41, 5.74) is 7.05. The van der Waals surface area contributed by atoms with E-state index in [0.29, 0.717) is 0 Å². The van der Waals surface area contributed by atoms with Crippen LogP contribution in [0.5, 0.6) is 0 Å². The molecule has 2 nitrogen and oxygen atoms in total. The summed E-state index contributed by atoms with van der Waals surface area (Å²) in [7, 11) is 0. The van der Waals surface area contributed by atoms with Crippen molar-refractivity contribution in [2.75, 3.05) is 13.1 Å². The highest BCUT2D eigenvalue weighted by Gasteiger charge is 2.21. The van der Waals surface area contributed by atoms with Gasteiger partial charge in [0.25, 0.3) is 0 Å². The number of piperidine rings is 1. The molecule has 1 fully saturated rings. The predicted molar refractivity (Wildman–Crippen MR) is 77.4 cm³/mol. The van der Waals surface area contributed by atoms with Gasteiger partial charge in [-0.3, -0.25) is 0 Å². The minimum atomic E-state index is 0.724. The molecule has 18 heavy (non-hydrogen) atoms. The number of aryl methyl sites for hydroxylation is 3. The number of aromatic amines is 1. The van der Waals surface area contributed by atoms with E-state index >= 15 is 0 Å². The highest BCUT2D eigenvalue weighted by atomic mass is 14.9. The lowest BCUT2D eigenvalue weighted by atomic mass is 9.88. The number of rotatable bonds is 1. The minimum Gasteiger partial charge on any atom is -0.358 e. The Hall–Kier alpha value is -1.28.